The molecule has 1 N–H and O–H groups in total. The molecule has 600 valence electrons. The fourth-order valence-corrected chi connectivity index (χ4v) is 17.6. The molecular formula is C90H102O20S3. The lowest BCUT2D eigenvalue weighted by Gasteiger charge is -2.50. The molecule has 0 aromatic heterocycles. The number of rotatable bonds is 26. The molecule has 0 radical (unpaired) electrons. The average Bonchev–Trinajstić information content (AvgIpc) is 0.768. The quantitative estimate of drug-likeness (QED) is 0.0392. The van der Waals surface area contributed by atoms with E-state index in [1.807, 2.05) is 192 Å². The summed E-state index contributed by atoms with van der Waals surface area (Å²) in [5.74, 6) is -0.355. The van der Waals surface area contributed by atoms with Crippen LogP contribution in [0.25, 0.3) is 0 Å². The Balaban J connectivity index is 0.000000172. The third-order valence-electron chi connectivity index (χ3n) is 20.6. The highest BCUT2D eigenvalue weighted by Crippen LogP contribution is 2.45. The smallest absolute Gasteiger partial charge is 0.338 e. The van der Waals surface area contributed by atoms with Crippen molar-refractivity contribution in [2.24, 2.45) is 23.7 Å². The summed E-state index contributed by atoms with van der Waals surface area (Å²) >= 11 is 4.77. The minimum absolute atomic E-state index is 0.0272. The molecule has 6 fully saturated rings. The zero-order chi connectivity index (χ0) is 79.0. The predicted octanol–water partition coefficient (Wildman–Crippen LogP) is 16.0. The molecule has 0 amide bonds. The van der Waals surface area contributed by atoms with Crippen molar-refractivity contribution < 1.29 is 95.3 Å². The van der Waals surface area contributed by atoms with Crippen LogP contribution in [-0.2, 0) is 84.3 Å². The number of esters is 4. The van der Waals surface area contributed by atoms with Crippen molar-refractivity contribution in [2.45, 2.75) is 170 Å². The van der Waals surface area contributed by atoms with Gasteiger partial charge >= 0.3 is 23.9 Å². The second-order valence-electron chi connectivity index (χ2n) is 28.4. The topological polar surface area (TPSA) is 227 Å². The van der Waals surface area contributed by atoms with E-state index in [2.05, 4.69) is 13.8 Å². The average molecular weight is 1600 g/mol. The largest absolute Gasteiger partial charge is 0.455 e. The van der Waals surface area contributed by atoms with Crippen LogP contribution >= 0.6 is 35.3 Å². The lowest BCUT2D eigenvalue weighted by atomic mass is 9.88. The number of carbonyl (C=O) groups is 4. The van der Waals surface area contributed by atoms with Gasteiger partial charge < -0.3 is 76.2 Å². The van der Waals surface area contributed by atoms with Crippen molar-refractivity contribution >= 4 is 59.2 Å². The van der Waals surface area contributed by atoms with Crippen molar-refractivity contribution in [3.05, 3.63) is 287 Å². The van der Waals surface area contributed by atoms with Crippen LogP contribution in [0.15, 0.2) is 243 Å². The number of ether oxygens (including phenoxy) is 15. The van der Waals surface area contributed by atoms with Crippen molar-refractivity contribution in [3.8, 4) is 0 Å². The molecule has 14 rings (SSSR count). The van der Waals surface area contributed by atoms with Crippen LogP contribution in [0.5, 0.6) is 0 Å². The zero-order valence-electron chi connectivity index (χ0n) is 64.6. The van der Waals surface area contributed by atoms with Crippen molar-refractivity contribution in [3.63, 3.8) is 0 Å². The van der Waals surface area contributed by atoms with Gasteiger partial charge in [0.15, 0.2) is 25.0 Å². The third kappa shape index (κ3) is 22.7. The summed E-state index contributed by atoms with van der Waals surface area (Å²) < 4.78 is 93.9. The Bertz CT molecular complexity index is 4140. The van der Waals surface area contributed by atoms with Gasteiger partial charge in [-0.3, -0.25) is 0 Å². The first kappa shape index (κ1) is 84.6. The summed E-state index contributed by atoms with van der Waals surface area (Å²) in [6.45, 7) is 16.0. The second kappa shape index (κ2) is 42.7. The highest BCUT2D eigenvalue weighted by molar-refractivity contribution is 8.00. The predicted molar refractivity (Wildman–Crippen MR) is 431 cm³/mol. The van der Waals surface area contributed by atoms with Gasteiger partial charge in [0.25, 0.3) is 0 Å². The summed E-state index contributed by atoms with van der Waals surface area (Å²) in [4.78, 5) is 52.4. The third-order valence-corrected chi connectivity index (χ3v) is 23.7. The van der Waals surface area contributed by atoms with E-state index in [1.54, 1.807) is 120 Å². The number of thioether (sulfide) groups is 3. The molecule has 10 unspecified atom stereocenters. The van der Waals surface area contributed by atoms with E-state index in [1.165, 1.54) is 0 Å². The van der Waals surface area contributed by atoms with Gasteiger partial charge in [0.2, 0.25) is 0 Å². The Morgan fingerprint density at radius 3 is 1.08 bits per heavy atom. The number of aliphatic hydroxyl groups excluding tert-OH is 1. The number of carbonyl (C=O) groups excluding carboxylic acids is 4. The number of fused-ring (bicyclic) bond motifs is 2. The molecule has 6 saturated heterocycles. The number of hydrogen-bond donors (Lipinski definition) is 1. The molecule has 0 bridgehead atoms. The van der Waals surface area contributed by atoms with Gasteiger partial charge in [-0.25, -0.2) is 19.2 Å². The minimum atomic E-state index is -1.04. The number of benzene rings is 8. The molecule has 6 aliphatic heterocycles. The maximum Gasteiger partial charge on any atom is 0.338 e. The number of hydrogen-bond acceptors (Lipinski definition) is 23. The highest BCUT2D eigenvalue weighted by Gasteiger charge is 2.55. The van der Waals surface area contributed by atoms with Crippen LogP contribution in [-0.4, -0.2) is 169 Å². The number of aliphatic hydroxyl groups is 1. The zero-order valence-corrected chi connectivity index (χ0v) is 67.0. The summed E-state index contributed by atoms with van der Waals surface area (Å²) in [5, 5.41) is 10.8. The Hall–Kier alpha value is -7.79. The van der Waals surface area contributed by atoms with E-state index in [9.17, 15) is 24.3 Å². The van der Waals surface area contributed by atoms with Gasteiger partial charge in [-0.05, 0) is 76.9 Å². The van der Waals surface area contributed by atoms with Crippen molar-refractivity contribution in [1.82, 2.24) is 0 Å². The van der Waals surface area contributed by atoms with E-state index < -0.39 is 103 Å². The first-order valence-electron chi connectivity index (χ1n) is 38.9. The molecule has 8 aromatic rings. The molecule has 0 saturated carbocycles. The van der Waals surface area contributed by atoms with E-state index >= 15 is 0 Å². The van der Waals surface area contributed by atoms with Crippen LogP contribution in [0.2, 0.25) is 0 Å². The maximum atomic E-state index is 13.7. The van der Waals surface area contributed by atoms with E-state index in [0.29, 0.717) is 42.1 Å². The fourth-order valence-electron chi connectivity index (χ4n) is 14.5. The van der Waals surface area contributed by atoms with Crippen LogP contribution < -0.4 is 0 Å². The first-order chi connectivity index (χ1) is 55.2. The molecule has 6 aliphatic rings. The molecule has 6 heterocycles. The van der Waals surface area contributed by atoms with Crippen LogP contribution in [0.4, 0.5) is 0 Å². The Kier molecular flexibility index (Phi) is 32.0. The highest BCUT2D eigenvalue weighted by atomic mass is 32.2. The summed E-state index contributed by atoms with van der Waals surface area (Å²) in [5.41, 5.74) is 4.73. The molecular weight excluding hydrogens is 1500 g/mol. The molecule has 0 spiro atoms. The van der Waals surface area contributed by atoms with Crippen molar-refractivity contribution in [2.75, 3.05) is 43.7 Å². The minimum Gasteiger partial charge on any atom is -0.455 e. The molecule has 0 aliphatic carbocycles. The van der Waals surface area contributed by atoms with Crippen LogP contribution in [0.3, 0.4) is 0 Å². The first-order valence-corrected chi connectivity index (χ1v) is 42.0. The normalized spacial score (nSPS) is 29.8. The molecule has 8 aromatic carbocycles. The van der Waals surface area contributed by atoms with Gasteiger partial charge in [-0.2, -0.15) is 0 Å². The SMILES string of the molecule is CCS[C@@H]1OC(COCc2ccccc2)[C@@H](O)[C@H](C)C1OC(=O)c1ccccc1.CCS[C@@H]1OC(COCc2ccccc2)[C@@H](O[C@@H]2OC3COC(c4ccccc4)O[C@H]3[C@H](C)C2OC(=O)c2ccccc2)[C@H](C)C1OC(=O)c1ccccc1.CCS[C@@H]1OC2COC(c3ccccc3)O[C@H]2[C@H](C)C1OC(=O)c1ccccc1. The Labute approximate surface area is 675 Å². The van der Waals surface area contributed by atoms with E-state index in [-0.39, 0.29) is 72.5 Å². The van der Waals surface area contributed by atoms with Gasteiger partial charge in [0.05, 0.1) is 86.3 Å². The van der Waals surface area contributed by atoms with E-state index in [0.717, 1.165) is 39.5 Å². The molecule has 23 heteroatoms. The second-order valence-corrected chi connectivity index (χ2v) is 32.5. The summed E-state index contributed by atoms with van der Waals surface area (Å²) in [6.07, 6.45) is -8.51. The fraction of sp³-hybridized carbons (Fsp3) is 0.422. The van der Waals surface area contributed by atoms with Crippen LogP contribution in [0.1, 0.15) is 125 Å². The van der Waals surface area contributed by atoms with Gasteiger partial charge in [0, 0.05) is 34.8 Å². The lowest BCUT2D eigenvalue weighted by molar-refractivity contribution is -0.366. The van der Waals surface area contributed by atoms with Crippen LogP contribution in [0, 0.1) is 23.7 Å². The Morgan fingerprint density at radius 2 is 0.681 bits per heavy atom. The summed E-state index contributed by atoms with van der Waals surface area (Å²) in [6, 6.07) is 75.0. The van der Waals surface area contributed by atoms with Crippen molar-refractivity contribution in [1.29, 1.82) is 0 Å². The molecule has 113 heavy (non-hydrogen) atoms. The molecule has 20 nitrogen and oxygen atoms in total. The van der Waals surface area contributed by atoms with Gasteiger partial charge in [-0.15, -0.1) is 35.3 Å². The maximum absolute atomic E-state index is 13.7. The standard InChI is InChI=1S/C44H48O10S.C23H26O5S.C23H28O5S/c1-4-55-44-39(52-41(46)32-21-13-7-14-22-32)29(3)37(34(50-44)26-47-25-30-17-9-5-10-18-30)54-43-38(51-40(45)31-19-11-6-12-20-31)28(2)36-35(49-43)27-48-42(53-36)33-23-15-8-16-24-33;1-3-29-23-20(27-21(24)16-10-6-4-7-11-16)15(2)19-18(26-23)14-25-22(28-19)17-12-8-5-9-13-17;1-3-29-23-21(28-22(25)18-12-8-5-9-13-18)16(2)20(24)19(27-23)15-26-14-17-10-6-4-7-11-17/h5-24,28-29,34-39,42-44H,4,25-27H2,1-3H3;4-13,15,18-20,22-23H,3,14H2,1-2H3;4-13,16,19-21,23-24H,3,14-15H2,1-2H3/t28-,29-,34?,35?,36-,37-,38?,39?,42?,43-,44-;15-,18?,19-,20?,22?,23-;16-,19?,20-,21?,23-/m000/s1. The van der Waals surface area contributed by atoms with Gasteiger partial charge in [-0.1, -0.05) is 243 Å². The lowest BCUT2D eigenvalue weighted by Crippen LogP contribution is -2.63. The van der Waals surface area contributed by atoms with Gasteiger partial charge in [0.1, 0.15) is 59.0 Å². The van der Waals surface area contributed by atoms with E-state index in [4.69, 9.17) is 71.1 Å². The monoisotopic (exact) mass is 1600 g/mol. The molecule has 22 atom stereocenters. The summed E-state index contributed by atoms with van der Waals surface area (Å²) in [7, 11) is 0. The Morgan fingerprint density at radius 1 is 0.363 bits per heavy atom.